The first-order valence-corrected chi connectivity index (χ1v) is 6.60. The van der Waals surface area contributed by atoms with E-state index in [1.807, 2.05) is 11.5 Å². The van der Waals surface area contributed by atoms with Crippen LogP contribution >= 0.6 is 0 Å². The van der Waals surface area contributed by atoms with Crippen LogP contribution in [-0.2, 0) is 13.0 Å². The van der Waals surface area contributed by atoms with Gasteiger partial charge in [0.25, 0.3) is 0 Å². The fourth-order valence-electron chi connectivity index (χ4n) is 2.31. The predicted molar refractivity (Wildman–Crippen MR) is 74.2 cm³/mol. The molecule has 7 heteroatoms. The highest BCUT2D eigenvalue weighted by atomic mass is 16.5. The third-order valence-corrected chi connectivity index (χ3v) is 3.26. The molecule has 0 aliphatic heterocycles. The van der Waals surface area contributed by atoms with Crippen LogP contribution in [0.3, 0.4) is 0 Å². The molecule has 1 aromatic carbocycles. The van der Waals surface area contributed by atoms with Gasteiger partial charge in [-0.15, -0.1) is 0 Å². The molecule has 3 aromatic rings. The van der Waals surface area contributed by atoms with Crippen LogP contribution in [0.25, 0.3) is 11.0 Å². The number of aryl methyl sites for hydroxylation is 2. The monoisotopic (exact) mass is 286 g/mol. The summed E-state index contributed by atoms with van der Waals surface area (Å²) in [5.74, 6) is 0.984. The lowest BCUT2D eigenvalue weighted by Crippen LogP contribution is -2.06. The second-order valence-electron chi connectivity index (χ2n) is 4.71. The Kier molecular flexibility index (Phi) is 3.17. The Hall–Kier alpha value is -2.70. The summed E-state index contributed by atoms with van der Waals surface area (Å²) in [5.41, 5.74) is 1.75. The highest BCUT2D eigenvalue weighted by Gasteiger charge is 2.14. The Morgan fingerprint density at radius 1 is 1.38 bits per heavy atom. The number of nitrogens with zero attached hydrogens (tertiary/aromatic N) is 4. The topological polar surface area (TPSA) is 94.0 Å². The van der Waals surface area contributed by atoms with E-state index in [1.54, 1.807) is 25.1 Å². The van der Waals surface area contributed by atoms with Gasteiger partial charge in [-0.05, 0) is 18.2 Å². The molecular formula is C14H14N4O3. The van der Waals surface area contributed by atoms with E-state index in [0.29, 0.717) is 23.8 Å². The first kappa shape index (κ1) is 13.3. The Bertz CT molecular complexity index is 819. The lowest BCUT2D eigenvalue weighted by Gasteiger charge is -2.04. The average Bonchev–Trinajstić information content (AvgIpc) is 3.02. The van der Waals surface area contributed by atoms with Crippen LogP contribution in [0.15, 0.2) is 22.7 Å². The molecule has 0 aliphatic rings. The number of aromatic carboxylic acids is 1. The van der Waals surface area contributed by atoms with Crippen LogP contribution in [0.1, 0.15) is 34.8 Å². The molecule has 0 radical (unpaired) electrons. The number of benzene rings is 1. The zero-order chi connectivity index (χ0) is 15.0. The molecule has 0 unspecified atom stereocenters. The van der Waals surface area contributed by atoms with Crippen molar-refractivity contribution >= 4 is 17.0 Å². The summed E-state index contributed by atoms with van der Waals surface area (Å²) in [4.78, 5) is 19.7. The molecule has 0 aliphatic carbocycles. The highest BCUT2D eigenvalue weighted by molar-refractivity contribution is 5.92. The highest BCUT2D eigenvalue weighted by Crippen LogP contribution is 2.19. The van der Waals surface area contributed by atoms with Gasteiger partial charge in [-0.3, -0.25) is 0 Å². The van der Waals surface area contributed by atoms with Gasteiger partial charge in [0.1, 0.15) is 5.82 Å². The summed E-state index contributed by atoms with van der Waals surface area (Å²) < 4.78 is 6.95. The fraction of sp³-hybridized carbons (Fsp3) is 0.286. The van der Waals surface area contributed by atoms with E-state index < -0.39 is 5.97 Å². The van der Waals surface area contributed by atoms with E-state index in [9.17, 15) is 4.79 Å². The van der Waals surface area contributed by atoms with Gasteiger partial charge in [0.15, 0.2) is 5.82 Å². The number of aromatic nitrogens is 4. The molecule has 108 valence electrons. The summed E-state index contributed by atoms with van der Waals surface area (Å²) in [5, 5.41) is 12.9. The van der Waals surface area contributed by atoms with Crippen LogP contribution < -0.4 is 0 Å². The van der Waals surface area contributed by atoms with E-state index >= 15 is 0 Å². The summed E-state index contributed by atoms with van der Waals surface area (Å²) >= 11 is 0. The normalized spacial score (nSPS) is 11.1. The number of fused-ring (bicyclic) bond motifs is 1. The molecule has 7 nitrogen and oxygen atoms in total. The molecular weight excluding hydrogens is 272 g/mol. The maximum Gasteiger partial charge on any atom is 0.335 e. The molecule has 1 N–H and O–H groups in total. The SMILES string of the molecule is CCc1nc2cc(C(=O)O)ccc2n1Cc1noc(C)n1. The van der Waals surface area contributed by atoms with Gasteiger partial charge >= 0.3 is 5.97 Å². The van der Waals surface area contributed by atoms with E-state index in [0.717, 1.165) is 17.8 Å². The van der Waals surface area contributed by atoms with Crippen LogP contribution in [-0.4, -0.2) is 30.8 Å². The van der Waals surface area contributed by atoms with Gasteiger partial charge in [0.2, 0.25) is 5.89 Å². The maximum absolute atomic E-state index is 11.0. The molecule has 0 spiro atoms. The van der Waals surface area contributed by atoms with Crippen molar-refractivity contribution < 1.29 is 14.4 Å². The van der Waals surface area contributed by atoms with Crippen molar-refractivity contribution in [3.05, 3.63) is 41.3 Å². The summed E-state index contributed by atoms with van der Waals surface area (Å²) in [6, 6.07) is 4.91. The van der Waals surface area contributed by atoms with Gasteiger partial charge in [-0.25, -0.2) is 9.78 Å². The number of carbonyl (C=O) groups is 1. The Balaban J connectivity index is 2.09. The molecule has 0 saturated carbocycles. The summed E-state index contributed by atoms with van der Waals surface area (Å²) in [6.07, 6.45) is 0.730. The Labute approximate surface area is 120 Å². The molecule has 21 heavy (non-hydrogen) atoms. The molecule has 0 saturated heterocycles. The number of hydrogen-bond donors (Lipinski definition) is 1. The van der Waals surface area contributed by atoms with Gasteiger partial charge in [0, 0.05) is 13.3 Å². The number of carboxylic acids is 1. The minimum atomic E-state index is -0.960. The predicted octanol–water partition coefficient (Wildman–Crippen LogP) is 2.04. The standard InChI is InChI=1S/C14H14N4O3/c1-3-13-16-10-6-9(14(19)20)4-5-11(10)18(13)7-12-15-8(2)21-17-12/h4-6H,3,7H2,1-2H3,(H,19,20). The second kappa shape index (κ2) is 5.01. The van der Waals surface area contributed by atoms with Gasteiger partial charge in [-0.1, -0.05) is 12.1 Å². The van der Waals surface area contributed by atoms with E-state index in [4.69, 9.17) is 9.63 Å². The molecule has 3 rings (SSSR count). The number of carboxylic acid groups (broad SMARTS) is 1. The minimum absolute atomic E-state index is 0.227. The van der Waals surface area contributed by atoms with Gasteiger partial charge in [-0.2, -0.15) is 4.98 Å². The number of imidazole rings is 1. The lowest BCUT2D eigenvalue weighted by atomic mass is 10.2. The first-order valence-electron chi connectivity index (χ1n) is 6.60. The van der Waals surface area contributed by atoms with Gasteiger partial charge in [0.05, 0.1) is 23.1 Å². The van der Waals surface area contributed by atoms with Crippen molar-refractivity contribution in [1.29, 1.82) is 0 Å². The van der Waals surface area contributed by atoms with Crippen LogP contribution in [0.5, 0.6) is 0 Å². The Morgan fingerprint density at radius 2 is 2.19 bits per heavy atom. The van der Waals surface area contributed by atoms with E-state index in [1.165, 1.54) is 0 Å². The van der Waals surface area contributed by atoms with Crippen molar-refractivity contribution in [2.24, 2.45) is 0 Å². The molecule has 0 amide bonds. The average molecular weight is 286 g/mol. The third kappa shape index (κ3) is 2.37. The minimum Gasteiger partial charge on any atom is -0.478 e. The fourth-order valence-corrected chi connectivity index (χ4v) is 2.31. The van der Waals surface area contributed by atoms with Crippen LogP contribution in [0.4, 0.5) is 0 Å². The maximum atomic E-state index is 11.0. The van der Waals surface area contributed by atoms with E-state index in [-0.39, 0.29) is 5.56 Å². The van der Waals surface area contributed by atoms with Crippen LogP contribution in [0.2, 0.25) is 0 Å². The summed E-state index contributed by atoms with van der Waals surface area (Å²) in [7, 11) is 0. The molecule has 2 heterocycles. The van der Waals surface area contributed by atoms with Crippen molar-refractivity contribution in [1.82, 2.24) is 19.7 Å². The second-order valence-corrected chi connectivity index (χ2v) is 4.71. The Morgan fingerprint density at radius 3 is 2.81 bits per heavy atom. The van der Waals surface area contributed by atoms with Crippen molar-refractivity contribution in [3.8, 4) is 0 Å². The quantitative estimate of drug-likeness (QED) is 0.788. The van der Waals surface area contributed by atoms with Crippen LogP contribution in [0, 0.1) is 6.92 Å². The molecule has 0 bridgehead atoms. The molecule has 0 fully saturated rings. The van der Waals surface area contributed by atoms with E-state index in [2.05, 4.69) is 15.1 Å². The van der Waals surface area contributed by atoms with Crippen molar-refractivity contribution in [2.75, 3.05) is 0 Å². The molecule has 0 atom stereocenters. The van der Waals surface area contributed by atoms with Crippen molar-refractivity contribution in [2.45, 2.75) is 26.8 Å². The number of rotatable bonds is 4. The molecule has 2 aromatic heterocycles. The zero-order valence-electron chi connectivity index (χ0n) is 11.7. The van der Waals surface area contributed by atoms with Gasteiger partial charge < -0.3 is 14.2 Å². The first-order chi connectivity index (χ1) is 10.1. The number of hydrogen-bond acceptors (Lipinski definition) is 5. The lowest BCUT2D eigenvalue weighted by molar-refractivity contribution is 0.0697. The largest absolute Gasteiger partial charge is 0.478 e. The van der Waals surface area contributed by atoms with Crippen molar-refractivity contribution in [3.63, 3.8) is 0 Å². The summed E-state index contributed by atoms with van der Waals surface area (Å²) in [6.45, 7) is 4.18. The third-order valence-electron chi connectivity index (χ3n) is 3.26. The smallest absolute Gasteiger partial charge is 0.335 e. The zero-order valence-corrected chi connectivity index (χ0v) is 11.7.